The monoisotopic (exact) mass is 321 g/mol. The van der Waals surface area contributed by atoms with Crippen LogP contribution in [0.1, 0.15) is 17.4 Å². The van der Waals surface area contributed by atoms with Crippen molar-refractivity contribution >= 4 is 5.91 Å². The largest absolute Gasteiger partial charge is 0.354 e. The van der Waals surface area contributed by atoms with Gasteiger partial charge in [-0.15, -0.1) is 0 Å². The summed E-state index contributed by atoms with van der Waals surface area (Å²) in [5.74, 6) is 0.0340. The number of rotatable bonds is 6. The van der Waals surface area contributed by atoms with Gasteiger partial charge in [0.2, 0.25) is 5.91 Å². The lowest BCUT2D eigenvalue weighted by molar-refractivity contribution is -0.125. The van der Waals surface area contributed by atoms with Crippen molar-refractivity contribution in [2.24, 2.45) is 7.05 Å². The van der Waals surface area contributed by atoms with Crippen LogP contribution < -0.4 is 11.0 Å². The van der Waals surface area contributed by atoms with Crippen molar-refractivity contribution in [3.8, 4) is 0 Å². The first-order valence-electron chi connectivity index (χ1n) is 7.20. The zero-order valence-corrected chi connectivity index (χ0v) is 13.3. The van der Waals surface area contributed by atoms with Crippen molar-refractivity contribution < 1.29 is 9.18 Å². The maximum atomic E-state index is 13.0. The number of H-pyrrole nitrogens is 1. The fraction of sp³-hybridized carbons (Fsp3) is 0.400. The molecule has 0 spiro atoms. The van der Waals surface area contributed by atoms with Gasteiger partial charge in [-0.25, -0.2) is 14.3 Å². The molecule has 0 fully saturated rings. The quantitative estimate of drug-likeness (QED) is 0.797. The molecule has 1 aromatic heterocycles. The number of amides is 1. The van der Waals surface area contributed by atoms with E-state index in [1.165, 1.54) is 16.7 Å². The Morgan fingerprint density at radius 2 is 2.04 bits per heavy atom. The summed E-state index contributed by atoms with van der Waals surface area (Å²) < 4.78 is 14.4. The van der Waals surface area contributed by atoms with E-state index in [0.717, 1.165) is 0 Å². The number of nitrogens with one attached hydrogen (secondary N) is 2. The van der Waals surface area contributed by atoms with Crippen LogP contribution in [0.5, 0.6) is 0 Å². The fourth-order valence-corrected chi connectivity index (χ4v) is 2.33. The molecule has 1 aromatic carbocycles. The highest BCUT2D eigenvalue weighted by atomic mass is 19.1. The zero-order chi connectivity index (χ0) is 17.0. The van der Waals surface area contributed by atoms with E-state index in [-0.39, 0.29) is 17.4 Å². The van der Waals surface area contributed by atoms with Gasteiger partial charge in [-0.1, -0.05) is 12.1 Å². The van der Waals surface area contributed by atoms with Crippen LogP contribution in [0.3, 0.4) is 0 Å². The number of aromatic amines is 1. The van der Waals surface area contributed by atoms with E-state index in [4.69, 9.17) is 0 Å². The summed E-state index contributed by atoms with van der Waals surface area (Å²) in [5.41, 5.74) is 0.421. The average molecular weight is 321 g/mol. The Morgan fingerprint density at radius 1 is 1.39 bits per heavy atom. The van der Waals surface area contributed by atoms with Crippen LogP contribution in [0.15, 0.2) is 29.1 Å². The first kappa shape index (κ1) is 16.9. The van der Waals surface area contributed by atoms with Crippen molar-refractivity contribution in [2.45, 2.75) is 12.5 Å². The lowest BCUT2D eigenvalue weighted by atomic mass is 10.1. The van der Waals surface area contributed by atoms with Crippen molar-refractivity contribution in [1.82, 2.24) is 25.0 Å². The molecular weight excluding hydrogens is 301 g/mol. The third-order valence-corrected chi connectivity index (χ3v) is 3.57. The predicted octanol–water partition coefficient (Wildman–Crippen LogP) is 0.209. The smallest absolute Gasteiger partial charge is 0.343 e. The van der Waals surface area contributed by atoms with Crippen LogP contribution in [0.25, 0.3) is 0 Å². The summed E-state index contributed by atoms with van der Waals surface area (Å²) in [7, 11) is 5.18. The zero-order valence-electron chi connectivity index (χ0n) is 13.3. The molecule has 8 heteroatoms. The van der Waals surface area contributed by atoms with Crippen LogP contribution >= 0.6 is 0 Å². The molecule has 2 N–H and O–H groups in total. The maximum absolute atomic E-state index is 13.0. The van der Waals surface area contributed by atoms with Gasteiger partial charge in [0, 0.05) is 20.0 Å². The fourth-order valence-electron chi connectivity index (χ4n) is 2.33. The molecule has 1 heterocycles. The third-order valence-electron chi connectivity index (χ3n) is 3.57. The van der Waals surface area contributed by atoms with Gasteiger partial charge in [-0.2, -0.15) is 5.10 Å². The minimum absolute atomic E-state index is 0.192. The molecule has 1 amide bonds. The lowest BCUT2D eigenvalue weighted by Gasteiger charge is -2.23. The maximum Gasteiger partial charge on any atom is 0.343 e. The highest BCUT2D eigenvalue weighted by Crippen LogP contribution is 2.18. The van der Waals surface area contributed by atoms with Gasteiger partial charge in [0.05, 0.1) is 0 Å². The van der Waals surface area contributed by atoms with Gasteiger partial charge >= 0.3 is 5.69 Å². The highest BCUT2D eigenvalue weighted by Gasteiger charge is 2.22. The Balaban J connectivity index is 2.00. The SMILES string of the molecule is CN(C)[C@@H](C(=O)NCCc1n[nH]c(=O)n1C)c1ccc(F)cc1. The molecule has 7 nitrogen and oxygen atoms in total. The molecular formula is C15H20FN5O2. The summed E-state index contributed by atoms with van der Waals surface area (Å²) in [5, 5.41) is 9.05. The number of carbonyl (C=O) groups excluding carboxylic acids is 1. The summed E-state index contributed by atoms with van der Waals surface area (Å²) >= 11 is 0. The minimum atomic E-state index is -0.515. The number of halogens is 1. The van der Waals surface area contributed by atoms with Crippen LogP contribution in [-0.2, 0) is 18.3 Å². The molecule has 2 aromatic rings. The van der Waals surface area contributed by atoms with Crippen LogP contribution in [-0.4, -0.2) is 46.2 Å². The predicted molar refractivity (Wildman–Crippen MR) is 83.4 cm³/mol. The molecule has 0 aliphatic rings. The number of likely N-dealkylation sites (N-methyl/N-ethyl adjacent to an activating group) is 1. The van der Waals surface area contributed by atoms with Crippen LogP contribution in [0.2, 0.25) is 0 Å². The first-order valence-corrected chi connectivity index (χ1v) is 7.20. The number of nitrogens with zero attached hydrogens (tertiary/aromatic N) is 3. The van der Waals surface area contributed by atoms with E-state index < -0.39 is 6.04 Å². The normalized spacial score (nSPS) is 12.4. The lowest BCUT2D eigenvalue weighted by Crippen LogP contribution is -2.38. The van der Waals surface area contributed by atoms with Gasteiger partial charge in [-0.05, 0) is 31.8 Å². The van der Waals surface area contributed by atoms with Gasteiger partial charge in [0.25, 0.3) is 0 Å². The molecule has 2 rings (SSSR count). The van der Waals surface area contributed by atoms with E-state index in [9.17, 15) is 14.0 Å². The Hall–Kier alpha value is -2.48. The summed E-state index contributed by atoms with van der Waals surface area (Å²) in [6, 6.07) is 5.34. The molecule has 124 valence electrons. The topological polar surface area (TPSA) is 83.0 Å². The van der Waals surface area contributed by atoms with Crippen molar-refractivity contribution in [3.63, 3.8) is 0 Å². The van der Waals surface area contributed by atoms with Gasteiger partial charge < -0.3 is 5.32 Å². The second kappa shape index (κ2) is 7.19. The molecule has 0 bridgehead atoms. The van der Waals surface area contributed by atoms with Gasteiger partial charge in [0.15, 0.2) is 0 Å². The minimum Gasteiger partial charge on any atom is -0.354 e. The second-order valence-corrected chi connectivity index (χ2v) is 5.46. The first-order chi connectivity index (χ1) is 10.9. The van der Waals surface area contributed by atoms with Crippen LogP contribution in [0, 0.1) is 5.82 Å². The molecule has 0 saturated heterocycles. The van der Waals surface area contributed by atoms with E-state index >= 15 is 0 Å². The Morgan fingerprint density at radius 3 is 2.57 bits per heavy atom. The van der Waals surface area contributed by atoms with Gasteiger partial charge in [0.1, 0.15) is 17.7 Å². The third kappa shape index (κ3) is 4.04. The number of aromatic nitrogens is 3. The van der Waals surface area contributed by atoms with E-state index in [1.54, 1.807) is 38.2 Å². The number of hydrogen-bond donors (Lipinski definition) is 2. The van der Waals surface area contributed by atoms with Gasteiger partial charge in [-0.3, -0.25) is 14.3 Å². The van der Waals surface area contributed by atoms with Crippen molar-refractivity contribution in [3.05, 3.63) is 52.0 Å². The number of hydrogen-bond acceptors (Lipinski definition) is 4. The molecule has 0 radical (unpaired) electrons. The Labute approximate surface area is 133 Å². The summed E-state index contributed by atoms with van der Waals surface area (Å²) in [6.45, 7) is 0.350. The molecule has 23 heavy (non-hydrogen) atoms. The number of benzene rings is 1. The van der Waals surface area contributed by atoms with Crippen molar-refractivity contribution in [2.75, 3.05) is 20.6 Å². The average Bonchev–Trinajstić information content (AvgIpc) is 2.81. The molecule has 0 aliphatic heterocycles. The van der Waals surface area contributed by atoms with E-state index in [2.05, 4.69) is 15.5 Å². The second-order valence-electron chi connectivity index (χ2n) is 5.46. The van der Waals surface area contributed by atoms with E-state index in [1.807, 2.05) is 0 Å². The molecule has 0 saturated carbocycles. The van der Waals surface area contributed by atoms with Crippen LogP contribution in [0.4, 0.5) is 4.39 Å². The molecule has 0 aliphatic carbocycles. The standard InChI is InChI=1S/C15H20FN5O2/c1-20(2)13(10-4-6-11(16)7-5-10)14(22)17-9-8-12-18-19-15(23)21(12)3/h4-7,13H,8-9H2,1-3H3,(H,17,22)(H,19,23)/t13-/m1/s1. The Kier molecular flexibility index (Phi) is 5.28. The van der Waals surface area contributed by atoms with Crippen molar-refractivity contribution in [1.29, 1.82) is 0 Å². The number of carbonyl (C=O) groups is 1. The highest BCUT2D eigenvalue weighted by molar-refractivity contribution is 5.83. The molecule has 1 atom stereocenters. The van der Waals surface area contributed by atoms with E-state index in [0.29, 0.717) is 24.4 Å². The Bertz CT molecular complexity index is 720. The molecule has 0 unspecified atom stereocenters. The summed E-state index contributed by atoms with van der Waals surface area (Å²) in [4.78, 5) is 25.4. The summed E-state index contributed by atoms with van der Waals surface area (Å²) in [6.07, 6.45) is 0.435.